The van der Waals surface area contributed by atoms with Crippen molar-refractivity contribution in [3.05, 3.63) is 58.9 Å². The molecule has 0 bridgehead atoms. The zero-order valence-corrected chi connectivity index (χ0v) is 27.4. The maximum Gasteiger partial charge on any atom is 0.244 e. The maximum atomic E-state index is 13.0. The van der Waals surface area contributed by atoms with Gasteiger partial charge in [0, 0.05) is 50.3 Å². The highest BCUT2D eigenvalue weighted by molar-refractivity contribution is 6.31. The summed E-state index contributed by atoms with van der Waals surface area (Å²) < 4.78 is 31.6. The molecule has 1 aliphatic carbocycles. The average Bonchev–Trinajstić information content (AvgIpc) is 2.92. The van der Waals surface area contributed by atoms with E-state index in [0.29, 0.717) is 62.2 Å². The van der Waals surface area contributed by atoms with Crippen molar-refractivity contribution in [2.75, 3.05) is 32.8 Å². The molecule has 0 aromatic carbocycles. The number of rotatable bonds is 18. The van der Waals surface area contributed by atoms with E-state index in [9.17, 15) is 18.7 Å². The van der Waals surface area contributed by atoms with Crippen molar-refractivity contribution in [3.8, 4) is 0 Å². The maximum absolute atomic E-state index is 13.0. The second-order valence-electron chi connectivity index (χ2n) is 12.1. The number of nitrogens with one attached hydrogen (secondary N) is 2. The second kappa shape index (κ2) is 20.1. The molecule has 244 valence electrons. The van der Waals surface area contributed by atoms with Crippen molar-refractivity contribution in [2.24, 2.45) is 11.8 Å². The van der Waals surface area contributed by atoms with Gasteiger partial charge in [0.25, 0.3) is 0 Å². The molecule has 6 nitrogen and oxygen atoms in total. The summed E-state index contributed by atoms with van der Waals surface area (Å²) in [5.74, 6) is 0.343. The van der Waals surface area contributed by atoms with E-state index >= 15 is 0 Å². The summed E-state index contributed by atoms with van der Waals surface area (Å²) >= 11 is 6.38. The van der Waals surface area contributed by atoms with Crippen LogP contribution in [0.15, 0.2) is 58.9 Å². The van der Waals surface area contributed by atoms with Crippen molar-refractivity contribution in [3.63, 3.8) is 0 Å². The quantitative estimate of drug-likeness (QED) is 0.114. The number of nitrogens with zero attached hydrogens (tertiary/aromatic N) is 1. The van der Waals surface area contributed by atoms with Gasteiger partial charge in [-0.3, -0.25) is 9.69 Å². The number of carbonyl (C=O) groups is 1. The molecule has 2 aliphatic rings. The molecule has 1 heterocycles. The largest absolute Gasteiger partial charge is 0.492 e. The highest BCUT2D eigenvalue weighted by Gasteiger charge is 2.36. The first kappa shape index (κ1) is 37.2. The van der Waals surface area contributed by atoms with Gasteiger partial charge in [-0.25, -0.2) is 8.78 Å². The number of ether oxygens (including phenoxy) is 1. The Morgan fingerprint density at radius 1 is 1.30 bits per heavy atom. The number of hydrogen-bond donors (Lipinski definition) is 3. The fourth-order valence-electron chi connectivity index (χ4n) is 5.75. The van der Waals surface area contributed by atoms with Crippen LogP contribution in [0.25, 0.3) is 0 Å². The van der Waals surface area contributed by atoms with Gasteiger partial charge < -0.3 is 20.5 Å². The normalized spacial score (nSPS) is 25.4. The Labute approximate surface area is 263 Å². The Hall–Kier alpha value is -2.00. The monoisotopic (exact) mass is 625 g/mol. The lowest BCUT2D eigenvalue weighted by molar-refractivity contribution is -0.117. The van der Waals surface area contributed by atoms with Crippen molar-refractivity contribution in [1.29, 1.82) is 0 Å². The van der Waals surface area contributed by atoms with Crippen LogP contribution >= 0.6 is 11.6 Å². The molecule has 1 saturated carbocycles. The lowest BCUT2D eigenvalue weighted by atomic mass is 9.79. The molecule has 3 N–H and O–H groups in total. The van der Waals surface area contributed by atoms with Crippen LogP contribution in [0.3, 0.4) is 0 Å². The Bertz CT molecular complexity index is 991. The van der Waals surface area contributed by atoms with Crippen LogP contribution in [-0.4, -0.2) is 73.3 Å². The van der Waals surface area contributed by atoms with E-state index in [4.69, 9.17) is 16.3 Å². The fraction of sp³-hybridized carbons (Fsp3) is 0.676. The van der Waals surface area contributed by atoms with Crippen LogP contribution in [-0.2, 0) is 9.53 Å². The van der Waals surface area contributed by atoms with Gasteiger partial charge in [-0.05, 0) is 76.9 Å². The van der Waals surface area contributed by atoms with Crippen LogP contribution in [0.2, 0.25) is 0 Å². The lowest BCUT2D eigenvalue weighted by Gasteiger charge is -2.38. The standard InChI is InChI=1S/C34H54ClF2N3O3/c1-6-11-26(18-24(3)4)14-15-27(25(5)39-29-19-28(20-29)34(36)37)21-33(42)38-22-30(41)23-40-16-9-8-13-32(43-7-2)31(35)12-10-17-40/h8-9,12-13,21,25-26,28-30,34,39,41H,3,6-7,10-11,14-20,22-23H2,1-2,4-5H3,(H,38,42)/b9-8+,27-21+,31-12-,32-13+/t25?,26?,28?,29?,30-/m0/s1. The van der Waals surface area contributed by atoms with Crippen molar-refractivity contribution in [1.82, 2.24) is 15.5 Å². The minimum atomic E-state index is -2.28. The van der Waals surface area contributed by atoms with Gasteiger partial charge in [-0.15, -0.1) is 6.58 Å². The summed E-state index contributed by atoms with van der Waals surface area (Å²) in [4.78, 5) is 15.1. The minimum Gasteiger partial charge on any atom is -0.492 e. The zero-order chi connectivity index (χ0) is 31.8. The van der Waals surface area contributed by atoms with Crippen LogP contribution in [0, 0.1) is 11.8 Å². The Morgan fingerprint density at radius 3 is 2.70 bits per heavy atom. The van der Waals surface area contributed by atoms with Gasteiger partial charge >= 0.3 is 0 Å². The first-order chi connectivity index (χ1) is 20.5. The van der Waals surface area contributed by atoms with Crippen molar-refractivity contribution < 1.29 is 23.4 Å². The predicted octanol–water partition coefficient (Wildman–Crippen LogP) is 6.88. The number of β-amino-alcohol motifs (C(OH)–C–C–N with tert-alkyl or cyclic N) is 1. The third kappa shape index (κ3) is 14.6. The highest BCUT2D eigenvalue weighted by Crippen LogP contribution is 2.33. The van der Waals surface area contributed by atoms with Gasteiger partial charge in [0.05, 0.1) is 17.7 Å². The van der Waals surface area contributed by atoms with Gasteiger partial charge in [-0.1, -0.05) is 55.2 Å². The molecule has 3 atom stereocenters. The molecular weight excluding hydrogens is 572 g/mol. The summed E-state index contributed by atoms with van der Waals surface area (Å²) in [7, 11) is 0. The lowest BCUT2D eigenvalue weighted by Crippen LogP contribution is -2.48. The molecule has 0 spiro atoms. The molecule has 1 amide bonds. The van der Waals surface area contributed by atoms with E-state index in [1.54, 1.807) is 6.08 Å². The molecule has 0 saturated heterocycles. The molecule has 0 aromatic heterocycles. The molecule has 1 fully saturated rings. The first-order valence-corrected chi connectivity index (χ1v) is 16.3. The van der Waals surface area contributed by atoms with Gasteiger partial charge in [0.15, 0.2) is 0 Å². The number of aliphatic hydroxyl groups excluding tert-OH is 1. The Kier molecular flexibility index (Phi) is 17.4. The van der Waals surface area contributed by atoms with Crippen molar-refractivity contribution >= 4 is 17.5 Å². The molecule has 9 heteroatoms. The summed E-state index contributed by atoms with van der Waals surface area (Å²) in [6, 6.07) is -0.0695. The molecule has 0 radical (unpaired) electrons. The van der Waals surface area contributed by atoms with Gasteiger partial charge in [0.1, 0.15) is 5.76 Å². The van der Waals surface area contributed by atoms with E-state index < -0.39 is 18.4 Å². The summed E-state index contributed by atoms with van der Waals surface area (Å²) in [5.41, 5.74) is 2.11. The Balaban J connectivity index is 1.97. The number of aliphatic hydroxyl groups is 1. The second-order valence-corrected chi connectivity index (χ2v) is 12.5. The zero-order valence-electron chi connectivity index (χ0n) is 26.6. The minimum absolute atomic E-state index is 0.0375. The van der Waals surface area contributed by atoms with E-state index in [2.05, 4.69) is 29.0 Å². The van der Waals surface area contributed by atoms with E-state index in [0.717, 1.165) is 43.3 Å². The van der Waals surface area contributed by atoms with Gasteiger partial charge in [0.2, 0.25) is 12.3 Å². The predicted molar refractivity (Wildman–Crippen MR) is 173 cm³/mol. The van der Waals surface area contributed by atoms with Crippen molar-refractivity contribution in [2.45, 2.75) is 104 Å². The molecule has 0 aromatic rings. The van der Waals surface area contributed by atoms with E-state index in [1.807, 2.05) is 45.1 Å². The average molecular weight is 626 g/mol. The molecular formula is C34H54ClF2N3O3. The van der Waals surface area contributed by atoms with Crippen LogP contribution in [0.1, 0.15) is 79.1 Å². The molecule has 1 aliphatic heterocycles. The SMILES string of the molecule is C=C(C)CC(CCC)CC/C(=C\C(=O)NC[C@H](O)CN1C/C=C/C=C(OCC)\C(Cl)=C\CC1)C(C)NC1CC(C(F)F)C1. The Morgan fingerprint density at radius 2 is 2.05 bits per heavy atom. The smallest absolute Gasteiger partial charge is 0.244 e. The third-order valence-corrected chi connectivity index (χ3v) is 8.44. The molecule has 43 heavy (non-hydrogen) atoms. The summed E-state index contributed by atoms with van der Waals surface area (Å²) in [6.45, 7) is 14.6. The van der Waals surface area contributed by atoms with E-state index in [-0.39, 0.29) is 24.5 Å². The number of carbonyl (C=O) groups excluding carboxylic acids is 1. The molecule has 2 rings (SSSR count). The van der Waals surface area contributed by atoms with Gasteiger partial charge in [-0.2, -0.15) is 0 Å². The number of alkyl halides is 2. The number of hydrogen-bond acceptors (Lipinski definition) is 5. The number of halogens is 3. The topological polar surface area (TPSA) is 73.8 Å². The molecule has 2 unspecified atom stereocenters. The van der Waals surface area contributed by atoms with Crippen LogP contribution in [0.5, 0.6) is 0 Å². The number of allylic oxidation sites excluding steroid dienone is 4. The third-order valence-electron chi connectivity index (χ3n) is 8.10. The van der Waals surface area contributed by atoms with E-state index in [1.165, 1.54) is 0 Å². The summed E-state index contributed by atoms with van der Waals surface area (Å²) in [5, 5.41) is 17.6. The van der Waals surface area contributed by atoms with Crippen LogP contribution < -0.4 is 10.6 Å². The highest BCUT2D eigenvalue weighted by atomic mass is 35.5. The summed E-state index contributed by atoms with van der Waals surface area (Å²) in [6.07, 6.45) is 12.7. The fourth-order valence-corrected chi connectivity index (χ4v) is 5.97. The first-order valence-electron chi connectivity index (χ1n) is 15.9. The van der Waals surface area contributed by atoms with Crippen LogP contribution in [0.4, 0.5) is 8.78 Å². The number of amides is 1.